The smallest absolute Gasteiger partial charge is 0 e. The van der Waals surface area contributed by atoms with Gasteiger partial charge in [0.25, 0.3) is 0 Å². The van der Waals surface area contributed by atoms with Crippen LogP contribution in [-0.2, 0) is 58.4 Å². The number of hydrogen-bond acceptors (Lipinski definition) is 0. The van der Waals surface area contributed by atoms with Gasteiger partial charge in [0, 0.05) is 58.4 Å². The van der Waals surface area contributed by atoms with Gasteiger partial charge in [0.15, 0.2) is 0 Å². The van der Waals surface area contributed by atoms with Gasteiger partial charge in [-0.05, 0) is 0 Å². The van der Waals surface area contributed by atoms with E-state index in [9.17, 15) is 0 Å². The van der Waals surface area contributed by atoms with Gasteiger partial charge in [-0.25, -0.2) is 0 Å². The van der Waals surface area contributed by atoms with Crippen molar-refractivity contribution in [2.75, 3.05) is 0 Å². The zero-order chi connectivity index (χ0) is 0. The van der Waals surface area contributed by atoms with Crippen molar-refractivity contribution in [2.24, 2.45) is 0 Å². The molecule has 0 aliphatic carbocycles. The van der Waals surface area contributed by atoms with E-state index in [1.165, 1.54) is 0 Å². The predicted octanol–water partition coefficient (Wildman–Crippen LogP) is -4.73. The summed E-state index contributed by atoms with van der Waals surface area (Å²) in [6, 6.07) is 0. The summed E-state index contributed by atoms with van der Waals surface area (Å²) in [5.41, 5.74) is 0. The van der Waals surface area contributed by atoms with Gasteiger partial charge < -0.3 is 34.0 Å². The van der Waals surface area contributed by atoms with Crippen LogP contribution in [-0.4, -0.2) is 0 Å². The van der Waals surface area contributed by atoms with Crippen molar-refractivity contribution in [2.45, 2.75) is 14.9 Å². The predicted molar refractivity (Wildman–Crippen MR) is 13.5 cm³/mol. The minimum atomic E-state index is 0. The Labute approximate surface area is 106 Å². The Morgan fingerprint density at radius 1 is 0.429 bits per heavy atom. The monoisotopic (exact) mass is 382 g/mol. The summed E-state index contributed by atoms with van der Waals surface area (Å²) in [7, 11) is 0. The molecule has 38 valence electrons. The van der Waals surface area contributed by atoms with Crippen molar-refractivity contribution in [3.63, 3.8) is 0 Å². The fourth-order valence-corrected chi connectivity index (χ4v) is 0. The van der Waals surface area contributed by atoms with E-state index in [2.05, 4.69) is 0 Å². The summed E-state index contributed by atoms with van der Waals surface area (Å²) in [6.45, 7) is 0. The van der Waals surface area contributed by atoms with Crippen molar-refractivity contribution in [3.05, 3.63) is 0 Å². The molecule has 5 heteroatoms. The van der Waals surface area contributed by atoms with E-state index < -0.39 is 0 Å². The van der Waals surface area contributed by atoms with Gasteiger partial charge >= 0.3 is 0 Å². The van der Waals surface area contributed by atoms with Gasteiger partial charge in [-0.3, -0.25) is 0 Å². The number of hydrogen-bond donors (Lipinski definition) is 0. The Hall–Kier alpha value is 2.83. The summed E-state index contributed by atoms with van der Waals surface area (Å²) in [5.74, 6) is 0. The Bertz CT molecular complexity index is 10.9. The van der Waals surface area contributed by atoms with Crippen molar-refractivity contribution >= 4 is 0 Å². The SMILES string of the molecule is C.C.[Br-].[Br-].[Zn].[Zn].[Zn]. The zero-order valence-electron chi connectivity index (χ0n) is 2.88. The second kappa shape index (κ2) is 67.6. The van der Waals surface area contributed by atoms with Crippen LogP contribution < -0.4 is 34.0 Å². The molecule has 0 spiro atoms. The molecule has 0 aromatic rings. The Morgan fingerprint density at radius 3 is 0.429 bits per heavy atom. The maximum Gasteiger partial charge on any atom is 0 e. The molecule has 0 amide bonds. The topological polar surface area (TPSA) is 0 Å². The number of halogens is 2. The quantitative estimate of drug-likeness (QED) is 0.366. The molecular formula is C2H8Br2Zn3-2. The van der Waals surface area contributed by atoms with Crippen LogP contribution in [0, 0.1) is 0 Å². The van der Waals surface area contributed by atoms with Crippen LogP contribution in [0.15, 0.2) is 0 Å². The molecule has 0 bridgehead atoms. The fourth-order valence-electron chi connectivity index (χ4n) is 0. The molecule has 0 unspecified atom stereocenters. The van der Waals surface area contributed by atoms with Crippen molar-refractivity contribution in [3.8, 4) is 0 Å². The first kappa shape index (κ1) is 95.7. The third-order valence-electron chi connectivity index (χ3n) is 0. The third-order valence-corrected chi connectivity index (χ3v) is 0. The minimum absolute atomic E-state index is 0. The van der Waals surface area contributed by atoms with E-state index in [1.807, 2.05) is 0 Å². The van der Waals surface area contributed by atoms with Crippen LogP contribution in [0.4, 0.5) is 0 Å². The van der Waals surface area contributed by atoms with Crippen molar-refractivity contribution in [1.82, 2.24) is 0 Å². The molecular weight excluding hydrogens is 380 g/mol. The maximum absolute atomic E-state index is 0. The van der Waals surface area contributed by atoms with Gasteiger partial charge in [0.05, 0.1) is 0 Å². The summed E-state index contributed by atoms with van der Waals surface area (Å²) >= 11 is 0. The molecule has 0 heterocycles. The van der Waals surface area contributed by atoms with Crippen LogP contribution in [0.2, 0.25) is 0 Å². The van der Waals surface area contributed by atoms with Gasteiger partial charge in [-0.1, -0.05) is 14.9 Å². The summed E-state index contributed by atoms with van der Waals surface area (Å²) in [6.07, 6.45) is 0. The molecule has 0 atom stereocenters. The molecule has 0 radical (unpaired) electrons. The molecule has 0 fully saturated rings. The first-order chi connectivity index (χ1) is 0. The van der Waals surface area contributed by atoms with Crippen LogP contribution in [0.1, 0.15) is 14.9 Å². The molecule has 0 aromatic heterocycles. The van der Waals surface area contributed by atoms with Crippen LogP contribution in [0.5, 0.6) is 0 Å². The van der Waals surface area contributed by atoms with Crippen molar-refractivity contribution < 1.29 is 92.4 Å². The van der Waals surface area contributed by atoms with E-state index in [4.69, 9.17) is 0 Å². The Morgan fingerprint density at radius 2 is 0.429 bits per heavy atom. The van der Waals surface area contributed by atoms with E-state index in [0.29, 0.717) is 0 Å². The molecule has 0 nitrogen and oxygen atoms in total. The van der Waals surface area contributed by atoms with E-state index >= 15 is 0 Å². The molecule has 0 N–H and O–H groups in total. The van der Waals surface area contributed by atoms with Gasteiger partial charge in [-0.2, -0.15) is 0 Å². The molecule has 7 heavy (non-hydrogen) atoms. The standard InChI is InChI=1S/2CH4.2BrH.3Zn/h2*1H4;2*1H;;;/p-2. The second-order valence-electron chi connectivity index (χ2n) is 0. The summed E-state index contributed by atoms with van der Waals surface area (Å²) in [4.78, 5) is 0. The van der Waals surface area contributed by atoms with Gasteiger partial charge in [0.2, 0.25) is 0 Å². The van der Waals surface area contributed by atoms with Gasteiger partial charge in [-0.15, -0.1) is 0 Å². The summed E-state index contributed by atoms with van der Waals surface area (Å²) in [5, 5.41) is 0. The molecule has 0 saturated heterocycles. The van der Waals surface area contributed by atoms with Crippen molar-refractivity contribution in [1.29, 1.82) is 0 Å². The average molecular weight is 388 g/mol. The third kappa shape index (κ3) is 51.4. The summed E-state index contributed by atoms with van der Waals surface area (Å²) < 4.78 is 0. The second-order valence-corrected chi connectivity index (χ2v) is 0. The zero-order valence-corrected chi connectivity index (χ0v) is 15.0. The Kier molecular flexibility index (Phi) is 924. The van der Waals surface area contributed by atoms with Gasteiger partial charge in [0.1, 0.15) is 0 Å². The molecule has 0 rings (SSSR count). The van der Waals surface area contributed by atoms with E-state index in [0.717, 1.165) is 0 Å². The van der Waals surface area contributed by atoms with Crippen LogP contribution >= 0.6 is 0 Å². The largest absolute Gasteiger partial charge is 1.00 e. The first-order valence-corrected chi connectivity index (χ1v) is 0. The minimum Gasteiger partial charge on any atom is -1.00 e. The maximum atomic E-state index is 0. The molecule has 0 saturated carbocycles. The molecule has 0 aromatic carbocycles. The molecule has 0 aliphatic heterocycles. The van der Waals surface area contributed by atoms with E-state index in [1.54, 1.807) is 0 Å². The average Bonchev–Trinajstić information content (AvgIpc) is 0. The first-order valence-electron chi connectivity index (χ1n) is 0. The number of rotatable bonds is 0. The molecule has 0 aliphatic rings. The fraction of sp³-hybridized carbons (Fsp3) is 1.00. The Balaban J connectivity index is 0. The van der Waals surface area contributed by atoms with Crippen LogP contribution in [0.25, 0.3) is 0 Å². The van der Waals surface area contributed by atoms with Crippen LogP contribution in [0.3, 0.4) is 0 Å². The van der Waals surface area contributed by atoms with E-state index in [-0.39, 0.29) is 107 Å². The normalized spacial score (nSPS) is 0.